The van der Waals surface area contributed by atoms with Crippen LogP contribution in [0.2, 0.25) is 0 Å². The van der Waals surface area contributed by atoms with Gasteiger partial charge in [0.15, 0.2) is 0 Å². The number of ether oxygens (including phenoxy) is 2. The lowest BCUT2D eigenvalue weighted by molar-refractivity contribution is -0.131. The van der Waals surface area contributed by atoms with E-state index >= 15 is 0 Å². The molecular weight excluding hydrogens is 456 g/mol. The molecule has 0 bridgehead atoms. The van der Waals surface area contributed by atoms with Gasteiger partial charge in [0.2, 0.25) is 0 Å². The molecule has 1 atom stereocenters. The van der Waals surface area contributed by atoms with Gasteiger partial charge in [0.05, 0.1) is 6.10 Å². The van der Waals surface area contributed by atoms with E-state index in [0.717, 1.165) is 41.7 Å². The van der Waals surface area contributed by atoms with Crippen molar-refractivity contribution in [3.63, 3.8) is 0 Å². The average molecular weight is 515 g/mol. The van der Waals surface area contributed by atoms with Crippen LogP contribution in [0.3, 0.4) is 0 Å². The van der Waals surface area contributed by atoms with Gasteiger partial charge in [0, 0.05) is 6.92 Å². The van der Waals surface area contributed by atoms with E-state index in [1.807, 2.05) is 47.6 Å². The number of fused-ring (bicyclic) bond motifs is 1. The molecule has 0 aliphatic carbocycles. The summed E-state index contributed by atoms with van der Waals surface area (Å²) in [5, 5.41) is 0. The number of carbonyl (C=O) groups is 1. The highest BCUT2D eigenvalue weighted by Gasteiger charge is 2.21. The SMILES string of the molecule is CC.CC.CC(=O)Oc1cc2c(c(C)c1C)OC(C)CC2.CC/C=C(\C)CC/C=C(\C)CCC=C(C)C. The number of esters is 1. The van der Waals surface area contributed by atoms with Crippen LogP contribution in [0.15, 0.2) is 41.0 Å². The summed E-state index contributed by atoms with van der Waals surface area (Å²) in [6, 6.07) is 1.94. The maximum absolute atomic E-state index is 11.0. The summed E-state index contributed by atoms with van der Waals surface area (Å²) in [7, 11) is 0. The van der Waals surface area contributed by atoms with Gasteiger partial charge in [-0.05, 0) is 116 Å². The van der Waals surface area contributed by atoms with Crippen LogP contribution >= 0.6 is 0 Å². The second-order valence-electron chi connectivity index (χ2n) is 9.54. The Balaban J connectivity index is 0. The quantitative estimate of drug-likeness (QED) is 0.196. The molecule has 1 unspecified atom stereocenters. The van der Waals surface area contributed by atoms with Crippen molar-refractivity contribution in [3.8, 4) is 11.5 Å². The number of benzene rings is 1. The molecule has 212 valence electrons. The Morgan fingerprint density at radius 1 is 0.919 bits per heavy atom. The van der Waals surface area contributed by atoms with Crippen LogP contribution in [0.4, 0.5) is 0 Å². The summed E-state index contributed by atoms with van der Waals surface area (Å²) in [6.07, 6.45) is 15.3. The minimum Gasteiger partial charge on any atom is -0.490 e. The molecule has 0 fully saturated rings. The molecule has 0 saturated heterocycles. The smallest absolute Gasteiger partial charge is 0.308 e. The first-order valence-corrected chi connectivity index (χ1v) is 14.5. The predicted molar refractivity (Wildman–Crippen MR) is 164 cm³/mol. The summed E-state index contributed by atoms with van der Waals surface area (Å²) in [4.78, 5) is 11.0. The summed E-state index contributed by atoms with van der Waals surface area (Å²) in [5.74, 6) is 1.35. The van der Waals surface area contributed by atoms with Crippen LogP contribution in [0.5, 0.6) is 11.5 Å². The lowest BCUT2D eigenvalue weighted by atomic mass is 9.96. The monoisotopic (exact) mass is 514 g/mol. The number of hydrogen-bond acceptors (Lipinski definition) is 3. The van der Waals surface area contributed by atoms with Gasteiger partial charge >= 0.3 is 5.97 Å². The lowest BCUT2D eigenvalue weighted by Gasteiger charge is -2.26. The lowest BCUT2D eigenvalue weighted by Crippen LogP contribution is -2.20. The van der Waals surface area contributed by atoms with Gasteiger partial charge < -0.3 is 9.47 Å². The van der Waals surface area contributed by atoms with Gasteiger partial charge in [-0.3, -0.25) is 4.79 Å². The second kappa shape index (κ2) is 21.8. The molecule has 1 aliphatic rings. The number of rotatable bonds is 8. The van der Waals surface area contributed by atoms with Crippen LogP contribution < -0.4 is 9.47 Å². The standard InChI is InChI=1S/C16H28.C14H18O3.2C2H6/c1-6-9-15(4)12-8-13-16(5)11-7-10-14(2)3;1-8-5-6-12-7-13(17-11(4)15)9(2)10(3)14(12)16-8;2*1-2/h9-10,13H,6-8,11-12H2,1-5H3;7-8H,5-6H2,1-4H3;2*1-2H3/b15-9+,16-13+;;;. The Hall–Kier alpha value is -2.29. The molecule has 0 amide bonds. The first kappa shape index (κ1) is 36.9. The fourth-order valence-electron chi connectivity index (χ4n) is 3.84. The molecular formula is C34H58O3. The van der Waals surface area contributed by atoms with Crippen molar-refractivity contribution in [3.05, 3.63) is 57.7 Å². The Labute approximate surface area is 230 Å². The Morgan fingerprint density at radius 2 is 1.46 bits per heavy atom. The van der Waals surface area contributed by atoms with Crippen LogP contribution in [0.25, 0.3) is 0 Å². The normalized spacial score (nSPS) is 14.2. The van der Waals surface area contributed by atoms with Crippen LogP contribution in [-0.2, 0) is 11.2 Å². The number of carbonyl (C=O) groups excluding carboxylic acids is 1. The number of allylic oxidation sites excluding steroid dienone is 6. The summed E-state index contributed by atoms with van der Waals surface area (Å²) in [6.45, 7) is 26.5. The highest BCUT2D eigenvalue weighted by atomic mass is 16.5. The molecule has 1 aromatic carbocycles. The van der Waals surface area contributed by atoms with Crippen LogP contribution in [-0.4, -0.2) is 12.1 Å². The van der Waals surface area contributed by atoms with E-state index in [2.05, 4.69) is 59.8 Å². The minimum atomic E-state index is -0.280. The number of aryl methyl sites for hydroxylation is 1. The zero-order valence-electron chi connectivity index (χ0n) is 26.6. The molecule has 3 heteroatoms. The van der Waals surface area contributed by atoms with Crippen molar-refractivity contribution in [2.75, 3.05) is 0 Å². The first-order chi connectivity index (χ1) is 17.5. The van der Waals surface area contributed by atoms with Crippen molar-refractivity contribution < 1.29 is 14.3 Å². The third-order valence-corrected chi connectivity index (χ3v) is 5.94. The number of hydrogen-bond donors (Lipinski definition) is 0. The highest BCUT2D eigenvalue weighted by molar-refractivity contribution is 5.70. The van der Waals surface area contributed by atoms with Gasteiger partial charge in [-0.25, -0.2) is 0 Å². The summed E-state index contributed by atoms with van der Waals surface area (Å²) in [5.41, 5.74) is 7.67. The van der Waals surface area contributed by atoms with E-state index in [4.69, 9.17) is 9.47 Å². The van der Waals surface area contributed by atoms with Crippen molar-refractivity contribution in [1.82, 2.24) is 0 Å². The van der Waals surface area contributed by atoms with Crippen molar-refractivity contribution in [2.24, 2.45) is 0 Å². The van der Waals surface area contributed by atoms with Gasteiger partial charge in [-0.2, -0.15) is 0 Å². The first-order valence-electron chi connectivity index (χ1n) is 14.5. The van der Waals surface area contributed by atoms with Crippen molar-refractivity contribution in [2.45, 2.75) is 141 Å². The van der Waals surface area contributed by atoms with Gasteiger partial charge in [-0.1, -0.05) is 69.6 Å². The van der Waals surface area contributed by atoms with E-state index in [1.165, 1.54) is 49.3 Å². The zero-order chi connectivity index (χ0) is 29.0. The molecule has 0 aromatic heterocycles. The maximum atomic E-state index is 11.0. The molecule has 0 saturated carbocycles. The van der Waals surface area contributed by atoms with Gasteiger partial charge in [0.1, 0.15) is 11.5 Å². The van der Waals surface area contributed by atoms with Gasteiger partial charge in [0.25, 0.3) is 0 Å². The molecule has 3 nitrogen and oxygen atoms in total. The molecule has 0 radical (unpaired) electrons. The van der Waals surface area contributed by atoms with E-state index in [9.17, 15) is 4.79 Å². The third-order valence-electron chi connectivity index (χ3n) is 5.94. The summed E-state index contributed by atoms with van der Waals surface area (Å²) >= 11 is 0. The highest BCUT2D eigenvalue weighted by Crippen LogP contribution is 2.37. The average Bonchev–Trinajstić information content (AvgIpc) is 2.85. The Bertz CT molecular complexity index is 868. The molecule has 1 aromatic rings. The molecule has 0 spiro atoms. The molecule has 2 rings (SSSR count). The molecule has 37 heavy (non-hydrogen) atoms. The largest absolute Gasteiger partial charge is 0.490 e. The predicted octanol–water partition coefficient (Wildman–Crippen LogP) is 10.8. The van der Waals surface area contributed by atoms with Crippen molar-refractivity contribution in [1.29, 1.82) is 0 Å². The van der Waals surface area contributed by atoms with Crippen LogP contribution in [0.1, 0.15) is 131 Å². The molecule has 1 heterocycles. The van der Waals surface area contributed by atoms with E-state index in [1.54, 1.807) is 0 Å². The summed E-state index contributed by atoms with van der Waals surface area (Å²) < 4.78 is 11.1. The topological polar surface area (TPSA) is 35.5 Å². The molecule has 1 aliphatic heterocycles. The van der Waals surface area contributed by atoms with Crippen LogP contribution in [0, 0.1) is 13.8 Å². The van der Waals surface area contributed by atoms with Gasteiger partial charge in [-0.15, -0.1) is 0 Å². The Morgan fingerprint density at radius 3 is 1.97 bits per heavy atom. The van der Waals surface area contributed by atoms with E-state index in [-0.39, 0.29) is 12.1 Å². The zero-order valence-corrected chi connectivity index (χ0v) is 26.6. The third kappa shape index (κ3) is 16.2. The second-order valence-corrected chi connectivity index (χ2v) is 9.54. The van der Waals surface area contributed by atoms with E-state index in [0.29, 0.717) is 5.75 Å². The minimum absolute atomic E-state index is 0.264. The Kier molecular flexibility index (Phi) is 21.7. The fourth-order valence-corrected chi connectivity index (χ4v) is 3.84. The van der Waals surface area contributed by atoms with Crippen molar-refractivity contribution >= 4 is 5.97 Å². The van der Waals surface area contributed by atoms with E-state index < -0.39 is 0 Å². The fraction of sp³-hybridized carbons (Fsp3) is 0.618. The molecule has 0 N–H and O–H groups in total. The maximum Gasteiger partial charge on any atom is 0.308 e.